The van der Waals surface area contributed by atoms with Crippen LogP contribution in [0.2, 0.25) is 0 Å². The van der Waals surface area contributed by atoms with Crippen LogP contribution in [0.25, 0.3) is 0 Å². The number of hydrogen-bond acceptors (Lipinski definition) is 7. The van der Waals surface area contributed by atoms with E-state index < -0.39 is 9.85 Å². The number of nitrogens with two attached hydrogens (primary N) is 1. The summed E-state index contributed by atoms with van der Waals surface area (Å²) in [4.78, 5) is 23.9. The van der Waals surface area contributed by atoms with Crippen molar-refractivity contribution in [3.8, 4) is 11.6 Å². The topological polar surface area (TPSA) is 134 Å². The molecule has 0 unspecified atom stereocenters. The average Bonchev–Trinajstić information content (AvgIpc) is 2.40. The van der Waals surface area contributed by atoms with Gasteiger partial charge in [-0.3, -0.25) is 20.2 Å². The van der Waals surface area contributed by atoms with Crippen LogP contribution < -0.4 is 10.5 Å². The van der Waals surface area contributed by atoms with Gasteiger partial charge in [0.2, 0.25) is 11.7 Å². The van der Waals surface area contributed by atoms with Gasteiger partial charge in [0.25, 0.3) is 5.69 Å². The van der Waals surface area contributed by atoms with Gasteiger partial charge in [-0.2, -0.15) is 4.98 Å². The predicted molar refractivity (Wildman–Crippen MR) is 73.2 cm³/mol. The van der Waals surface area contributed by atoms with Crippen LogP contribution in [0.1, 0.15) is 5.56 Å². The molecule has 1 aromatic heterocycles. The molecule has 0 spiro atoms. The summed E-state index contributed by atoms with van der Waals surface area (Å²) in [5, 5.41) is 21.4. The second-order valence-electron chi connectivity index (χ2n) is 4.12. The molecular weight excluding hydrogens is 280 g/mol. The van der Waals surface area contributed by atoms with Crippen molar-refractivity contribution >= 4 is 17.2 Å². The third kappa shape index (κ3) is 3.03. The van der Waals surface area contributed by atoms with Crippen molar-refractivity contribution in [2.24, 2.45) is 0 Å². The highest BCUT2D eigenvalue weighted by molar-refractivity contribution is 5.54. The van der Waals surface area contributed by atoms with Crippen LogP contribution in [-0.4, -0.2) is 14.8 Å². The van der Waals surface area contributed by atoms with Gasteiger partial charge in [0.05, 0.1) is 15.9 Å². The summed E-state index contributed by atoms with van der Waals surface area (Å²) in [6.07, 6.45) is 0. The van der Waals surface area contributed by atoms with Gasteiger partial charge in [0.15, 0.2) is 0 Å². The van der Waals surface area contributed by atoms with E-state index in [0.29, 0.717) is 5.56 Å². The lowest BCUT2D eigenvalue weighted by Gasteiger charge is -2.08. The van der Waals surface area contributed by atoms with E-state index in [1.807, 2.05) is 0 Å². The molecule has 2 N–H and O–H groups in total. The van der Waals surface area contributed by atoms with Crippen LogP contribution in [-0.2, 0) is 0 Å². The zero-order chi connectivity index (χ0) is 15.6. The lowest BCUT2D eigenvalue weighted by atomic mass is 10.2. The van der Waals surface area contributed by atoms with Crippen LogP contribution in [0.3, 0.4) is 0 Å². The highest BCUT2D eigenvalue weighted by Gasteiger charge is 2.15. The van der Waals surface area contributed by atoms with E-state index in [-0.39, 0.29) is 28.8 Å². The summed E-state index contributed by atoms with van der Waals surface area (Å²) in [7, 11) is 0. The number of pyridine rings is 1. The van der Waals surface area contributed by atoms with Crippen LogP contribution >= 0.6 is 0 Å². The SMILES string of the molecule is Cc1ccc([N+](=O)[O-])cc1Oc1ccc([N+](=O)[O-])c(N)n1. The number of hydrogen-bond donors (Lipinski definition) is 1. The van der Waals surface area contributed by atoms with Crippen LogP contribution in [0.15, 0.2) is 30.3 Å². The Balaban J connectivity index is 2.34. The maximum atomic E-state index is 10.7. The Hall–Kier alpha value is -3.23. The molecule has 0 amide bonds. The van der Waals surface area contributed by atoms with Crippen molar-refractivity contribution in [2.45, 2.75) is 6.92 Å². The number of ether oxygens (including phenoxy) is 1. The summed E-state index contributed by atoms with van der Waals surface area (Å²) in [6, 6.07) is 6.55. The van der Waals surface area contributed by atoms with Crippen molar-refractivity contribution in [3.63, 3.8) is 0 Å². The maximum absolute atomic E-state index is 10.7. The van der Waals surface area contributed by atoms with E-state index in [1.54, 1.807) is 6.92 Å². The number of anilines is 1. The van der Waals surface area contributed by atoms with Gasteiger partial charge in [0, 0.05) is 18.2 Å². The number of nitro benzene ring substituents is 1. The molecule has 0 saturated heterocycles. The Morgan fingerprint density at radius 3 is 2.43 bits per heavy atom. The Labute approximate surface area is 118 Å². The predicted octanol–water partition coefficient (Wildman–Crippen LogP) is 2.58. The van der Waals surface area contributed by atoms with Crippen molar-refractivity contribution in [1.82, 2.24) is 4.98 Å². The van der Waals surface area contributed by atoms with Crippen molar-refractivity contribution in [3.05, 3.63) is 56.1 Å². The average molecular weight is 290 g/mol. The molecule has 0 aliphatic rings. The third-order valence-corrected chi connectivity index (χ3v) is 2.67. The first-order chi connectivity index (χ1) is 9.88. The number of rotatable bonds is 4. The molecule has 2 aromatic rings. The monoisotopic (exact) mass is 290 g/mol. The largest absolute Gasteiger partial charge is 0.438 e. The van der Waals surface area contributed by atoms with Crippen LogP contribution in [0.5, 0.6) is 11.6 Å². The zero-order valence-electron chi connectivity index (χ0n) is 10.8. The van der Waals surface area contributed by atoms with Crippen molar-refractivity contribution in [2.75, 3.05) is 5.73 Å². The van der Waals surface area contributed by atoms with E-state index in [2.05, 4.69) is 4.98 Å². The minimum Gasteiger partial charge on any atom is -0.438 e. The molecule has 2 rings (SSSR count). The molecule has 0 radical (unpaired) electrons. The molecule has 1 aromatic carbocycles. The molecule has 0 aliphatic heterocycles. The minimum absolute atomic E-state index is 0.0155. The first kappa shape index (κ1) is 14.2. The number of nitrogens with zero attached hydrogens (tertiary/aromatic N) is 3. The van der Waals surface area contributed by atoms with E-state index in [0.717, 1.165) is 6.07 Å². The van der Waals surface area contributed by atoms with Gasteiger partial charge >= 0.3 is 5.69 Å². The standard InChI is InChI=1S/C12H10N4O5/c1-7-2-3-8(15(17)18)6-10(7)21-11-5-4-9(16(19)20)12(13)14-11/h2-6H,1H3,(H2,13,14). The third-order valence-electron chi connectivity index (χ3n) is 2.67. The van der Waals surface area contributed by atoms with Crippen LogP contribution in [0, 0.1) is 27.2 Å². The molecule has 1 heterocycles. The number of non-ortho nitro benzene ring substituents is 1. The fourth-order valence-corrected chi connectivity index (χ4v) is 1.59. The molecule has 108 valence electrons. The fourth-order valence-electron chi connectivity index (χ4n) is 1.59. The number of nitro groups is 2. The molecule has 9 heteroatoms. The van der Waals surface area contributed by atoms with Crippen LogP contribution in [0.4, 0.5) is 17.2 Å². The van der Waals surface area contributed by atoms with E-state index in [4.69, 9.17) is 10.5 Å². The quantitative estimate of drug-likeness (QED) is 0.675. The molecular formula is C12H10N4O5. The molecule has 0 aliphatic carbocycles. The Kier molecular flexibility index (Phi) is 3.65. The Morgan fingerprint density at radius 1 is 1.14 bits per heavy atom. The van der Waals surface area contributed by atoms with E-state index in [9.17, 15) is 20.2 Å². The highest BCUT2D eigenvalue weighted by atomic mass is 16.6. The number of aromatic nitrogens is 1. The molecule has 21 heavy (non-hydrogen) atoms. The van der Waals surface area contributed by atoms with E-state index >= 15 is 0 Å². The minimum atomic E-state index is -0.662. The van der Waals surface area contributed by atoms with E-state index in [1.165, 1.54) is 24.3 Å². The van der Waals surface area contributed by atoms with Gasteiger partial charge in [-0.15, -0.1) is 0 Å². The van der Waals surface area contributed by atoms with Gasteiger partial charge in [-0.25, -0.2) is 0 Å². The maximum Gasteiger partial charge on any atom is 0.311 e. The number of benzene rings is 1. The lowest BCUT2D eigenvalue weighted by Crippen LogP contribution is -2.00. The highest BCUT2D eigenvalue weighted by Crippen LogP contribution is 2.30. The molecule has 0 fully saturated rings. The molecule has 0 bridgehead atoms. The Bertz CT molecular complexity index is 732. The second-order valence-corrected chi connectivity index (χ2v) is 4.12. The van der Waals surface area contributed by atoms with Gasteiger partial charge in [-0.1, -0.05) is 0 Å². The fraction of sp³-hybridized carbons (Fsp3) is 0.0833. The molecule has 9 nitrogen and oxygen atoms in total. The van der Waals surface area contributed by atoms with Gasteiger partial charge in [0.1, 0.15) is 5.75 Å². The summed E-state index contributed by atoms with van der Waals surface area (Å²) < 4.78 is 5.40. The van der Waals surface area contributed by atoms with Crippen molar-refractivity contribution in [1.29, 1.82) is 0 Å². The molecule has 0 atom stereocenters. The first-order valence-corrected chi connectivity index (χ1v) is 5.72. The van der Waals surface area contributed by atoms with Crippen molar-refractivity contribution < 1.29 is 14.6 Å². The second kappa shape index (κ2) is 5.41. The Morgan fingerprint density at radius 2 is 1.86 bits per heavy atom. The first-order valence-electron chi connectivity index (χ1n) is 5.72. The summed E-state index contributed by atoms with van der Waals surface area (Å²) in [6.45, 7) is 1.70. The lowest BCUT2D eigenvalue weighted by molar-refractivity contribution is -0.385. The number of nitrogen functional groups attached to an aromatic ring is 1. The zero-order valence-corrected chi connectivity index (χ0v) is 10.8. The summed E-state index contributed by atoms with van der Waals surface area (Å²) in [5.74, 6) is -0.0489. The van der Waals surface area contributed by atoms with Gasteiger partial charge in [-0.05, 0) is 18.6 Å². The van der Waals surface area contributed by atoms with Gasteiger partial charge < -0.3 is 10.5 Å². The smallest absolute Gasteiger partial charge is 0.311 e. The summed E-state index contributed by atoms with van der Waals surface area (Å²) in [5.41, 5.74) is 5.63. The number of aryl methyl sites for hydroxylation is 1. The molecule has 0 saturated carbocycles. The normalized spacial score (nSPS) is 10.1. The summed E-state index contributed by atoms with van der Waals surface area (Å²) >= 11 is 0.